The topological polar surface area (TPSA) is 159 Å². The van der Waals surface area contributed by atoms with Crippen molar-refractivity contribution in [2.24, 2.45) is 0 Å². The van der Waals surface area contributed by atoms with Gasteiger partial charge in [0.25, 0.3) is 5.91 Å². The summed E-state index contributed by atoms with van der Waals surface area (Å²) >= 11 is 1.54. The van der Waals surface area contributed by atoms with Crippen LogP contribution in [0.3, 0.4) is 0 Å². The smallest absolute Gasteiger partial charge is 0.408 e. The third kappa shape index (κ3) is 12.8. The molecule has 13 nitrogen and oxygen atoms in total. The molecule has 3 heterocycles. The van der Waals surface area contributed by atoms with E-state index in [1.165, 1.54) is 0 Å². The first-order valence-corrected chi connectivity index (χ1v) is 23.8. The molecule has 4 aromatic carbocycles. The van der Waals surface area contributed by atoms with Crippen molar-refractivity contribution in [3.8, 4) is 32.8 Å². The number of likely N-dealkylation sites (tertiary alicyclic amines) is 1. The lowest BCUT2D eigenvalue weighted by atomic mass is 10.0. The highest BCUT2D eigenvalue weighted by Gasteiger charge is 2.38. The Labute approximate surface area is 397 Å². The quantitative estimate of drug-likeness (QED) is 0.0918. The molecule has 3 N–H and O–H groups in total. The van der Waals surface area contributed by atoms with Gasteiger partial charge in [-0.05, 0) is 94.2 Å². The Morgan fingerprint density at radius 2 is 1.27 bits per heavy atom. The molecule has 0 spiro atoms. The molecule has 0 saturated carbocycles. The van der Waals surface area contributed by atoms with Gasteiger partial charge in [-0.15, -0.1) is 11.3 Å². The number of alkyl carbamates (subject to hydrolysis) is 2. The molecule has 7 rings (SSSR count). The van der Waals surface area contributed by atoms with E-state index in [0.717, 1.165) is 63.5 Å². The van der Waals surface area contributed by atoms with Gasteiger partial charge < -0.3 is 34.9 Å². The van der Waals surface area contributed by atoms with E-state index in [-0.39, 0.29) is 17.9 Å². The fourth-order valence-electron chi connectivity index (χ4n) is 8.00. The molecule has 3 unspecified atom stereocenters. The first-order valence-electron chi connectivity index (χ1n) is 22.9. The Bertz CT molecular complexity index is 2600. The zero-order chi connectivity index (χ0) is 47.7. The van der Waals surface area contributed by atoms with Crippen LogP contribution in [0.1, 0.15) is 114 Å². The number of carbonyl (C=O) groups is 4. The van der Waals surface area contributed by atoms with Crippen LogP contribution in [0.15, 0.2) is 122 Å². The molecule has 350 valence electrons. The van der Waals surface area contributed by atoms with E-state index in [0.29, 0.717) is 36.6 Å². The Morgan fingerprint density at radius 3 is 1.84 bits per heavy atom. The molecule has 1 saturated heterocycles. The summed E-state index contributed by atoms with van der Waals surface area (Å²) in [4.78, 5) is 71.7. The molecule has 0 aliphatic carbocycles. The lowest BCUT2D eigenvalue weighted by Crippen LogP contribution is -2.44. The van der Waals surface area contributed by atoms with E-state index in [1.807, 2.05) is 66.9 Å². The second-order valence-electron chi connectivity index (χ2n) is 18.7. The van der Waals surface area contributed by atoms with Gasteiger partial charge in [0.15, 0.2) is 0 Å². The number of hydrogen-bond donors (Lipinski definition) is 3. The van der Waals surface area contributed by atoms with Gasteiger partial charge in [0, 0.05) is 19.3 Å². The van der Waals surface area contributed by atoms with E-state index >= 15 is 0 Å². The minimum Gasteiger partial charge on any atom is -0.444 e. The summed E-state index contributed by atoms with van der Waals surface area (Å²) in [5.74, 6) is 0.261. The number of unbranched alkanes of at least 4 members (excludes halogenated alkanes) is 1. The Balaban J connectivity index is 1.01. The number of H-pyrrole nitrogens is 1. The van der Waals surface area contributed by atoms with E-state index < -0.39 is 35.5 Å². The zero-order valence-electron chi connectivity index (χ0n) is 39.4. The number of carbonyl (C=O) groups excluding carboxylic acids is 4. The number of ether oxygens (including phenoxy) is 2. The monoisotopic (exact) mass is 923 g/mol. The Hall–Kier alpha value is -6.80. The summed E-state index contributed by atoms with van der Waals surface area (Å²) in [6.45, 7) is 14.2. The third-order valence-corrected chi connectivity index (χ3v) is 12.2. The average Bonchev–Trinajstić information content (AvgIpc) is 4.10. The summed E-state index contributed by atoms with van der Waals surface area (Å²) in [6, 6.07) is 33.0. The molecular formula is C53H61N7O6S. The van der Waals surface area contributed by atoms with Crippen LogP contribution < -0.4 is 10.6 Å². The normalized spacial score (nSPS) is 14.8. The maximum Gasteiger partial charge on any atom is 0.408 e. The lowest BCUT2D eigenvalue weighted by molar-refractivity contribution is -0.135. The Morgan fingerprint density at radius 1 is 0.731 bits per heavy atom. The summed E-state index contributed by atoms with van der Waals surface area (Å²) in [6.07, 6.45) is 5.61. The number of aromatic nitrogens is 3. The highest BCUT2D eigenvalue weighted by atomic mass is 32.1. The fourth-order valence-corrected chi connectivity index (χ4v) is 8.94. The molecule has 14 heteroatoms. The molecule has 0 radical (unpaired) electrons. The third-order valence-electron chi connectivity index (χ3n) is 11.2. The Kier molecular flexibility index (Phi) is 15.3. The van der Waals surface area contributed by atoms with Gasteiger partial charge in [-0.25, -0.2) is 19.6 Å². The number of aromatic amines is 1. The number of benzene rings is 4. The van der Waals surface area contributed by atoms with Gasteiger partial charge in [0.05, 0.1) is 29.4 Å². The number of nitrogens with zero attached hydrogens (tertiary/aromatic N) is 4. The van der Waals surface area contributed by atoms with Crippen molar-refractivity contribution in [2.45, 2.75) is 110 Å². The van der Waals surface area contributed by atoms with E-state index in [4.69, 9.17) is 19.4 Å². The highest BCUT2D eigenvalue weighted by molar-refractivity contribution is 7.15. The molecule has 2 aromatic heterocycles. The van der Waals surface area contributed by atoms with Crippen molar-refractivity contribution < 1.29 is 28.7 Å². The lowest BCUT2D eigenvalue weighted by Gasteiger charge is -2.29. The van der Waals surface area contributed by atoms with Crippen molar-refractivity contribution in [2.75, 3.05) is 13.1 Å². The first kappa shape index (κ1) is 48.1. The van der Waals surface area contributed by atoms with Crippen LogP contribution in [0.2, 0.25) is 0 Å². The predicted molar refractivity (Wildman–Crippen MR) is 262 cm³/mol. The second kappa shape index (κ2) is 21.2. The SMILES string of the molecule is CCCCN(Cc1ncc(-c2ccc(-c3ccc(-c4cnc(C5CCCN5C(=O)C(NC(=O)OC(C)(C)C)c5ccccc5)[nH]4)cc3)cc2)s1)C(=O)C(NC(=O)OC(C)(C)C)c1ccccc1. The molecule has 3 atom stereocenters. The number of hydrogen-bond acceptors (Lipinski definition) is 9. The minimum absolute atomic E-state index is 0.215. The van der Waals surface area contributed by atoms with Crippen LogP contribution >= 0.6 is 11.3 Å². The van der Waals surface area contributed by atoms with Crippen LogP contribution in [-0.4, -0.2) is 73.0 Å². The number of rotatable bonds is 15. The molecule has 6 aromatic rings. The maximum atomic E-state index is 14.2. The molecule has 1 aliphatic rings. The van der Waals surface area contributed by atoms with Crippen LogP contribution in [0, 0.1) is 0 Å². The van der Waals surface area contributed by atoms with E-state index in [2.05, 4.69) is 71.1 Å². The van der Waals surface area contributed by atoms with Gasteiger partial charge in [0.1, 0.15) is 34.1 Å². The standard InChI is InChI=1S/C53H61N7O6S/c1-8-9-30-59(48(61)45(39-17-12-10-13-18-39)57-50(63)65-52(2,3)4)34-44-54-33-43(67-44)38-28-24-36(25-29-38)35-22-26-37(27-23-35)41-32-55-47(56-41)42-21-16-31-60(42)49(62)46(40-19-14-11-15-20-40)58-51(64)66-53(5,6)7/h10-15,17-20,22-29,32-33,42,45-46H,8-9,16,21,30-31,34H2,1-7H3,(H,55,56)(H,57,63)(H,58,64). The van der Waals surface area contributed by atoms with Gasteiger partial charge >= 0.3 is 12.2 Å². The van der Waals surface area contributed by atoms with Crippen molar-refractivity contribution in [1.29, 1.82) is 0 Å². The molecule has 4 amide bonds. The van der Waals surface area contributed by atoms with Gasteiger partial charge in [-0.2, -0.15) is 0 Å². The van der Waals surface area contributed by atoms with Crippen LogP contribution in [0.25, 0.3) is 32.8 Å². The van der Waals surface area contributed by atoms with Crippen LogP contribution in [0.4, 0.5) is 9.59 Å². The number of thiazole rings is 1. The first-order chi connectivity index (χ1) is 32.0. The van der Waals surface area contributed by atoms with Crippen molar-refractivity contribution >= 4 is 35.3 Å². The van der Waals surface area contributed by atoms with Gasteiger partial charge in [-0.1, -0.05) is 123 Å². The largest absolute Gasteiger partial charge is 0.444 e. The summed E-state index contributed by atoms with van der Waals surface area (Å²) < 4.78 is 11.1. The molecular weight excluding hydrogens is 863 g/mol. The van der Waals surface area contributed by atoms with Crippen molar-refractivity contribution in [1.82, 2.24) is 35.4 Å². The maximum absolute atomic E-state index is 14.2. The summed E-state index contributed by atoms with van der Waals surface area (Å²) in [5.41, 5.74) is 4.85. The zero-order valence-corrected chi connectivity index (χ0v) is 40.2. The number of nitrogens with one attached hydrogen (secondary N) is 3. The summed E-state index contributed by atoms with van der Waals surface area (Å²) in [7, 11) is 0. The number of amides is 4. The van der Waals surface area contributed by atoms with E-state index in [1.54, 1.807) is 68.9 Å². The highest BCUT2D eigenvalue weighted by Crippen LogP contribution is 2.35. The van der Waals surface area contributed by atoms with Gasteiger partial charge in [-0.3, -0.25) is 9.59 Å². The summed E-state index contributed by atoms with van der Waals surface area (Å²) in [5, 5.41) is 6.44. The predicted octanol–water partition coefficient (Wildman–Crippen LogP) is 11.2. The van der Waals surface area contributed by atoms with Crippen LogP contribution in [0.5, 0.6) is 0 Å². The average molecular weight is 924 g/mol. The molecule has 1 aliphatic heterocycles. The van der Waals surface area contributed by atoms with Crippen molar-refractivity contribution in [3.63, 3.8) is 0 Å². The number of imidazole rings is 1. The minimum atomic E-state index is -0.915. The van der Waals surface area contributed by atoms with Crippen molar-refractivity contribution in [3.05, 3.63) is 144 Å². The van der Waals surface area contributed by atoms with Gasteiger partial charge in [0.2, 0.25) is 5.91 Å². The molecule has 67 heavy (non-hydrogen) atoms. The van der Waals surface area contributed by atoms with E-state index in [9.17, 15) is 19.2 Å². The van der Waals surface area contributed by atoms with Crippen LogP contribution in [-0.2, 0) is 25.6 Å². The second-order valence-corrected chi connectivity index (χ2v) is 19.9. The fraction of sp³-hybridized carbons (Fsp3) is 0.358. The molecule has 0 bridgehead atoms. The molecule has 1 fully saturated rings.